The number of ether oxygens (including phenoxy) is 4. The largest absolute Gasteiger partial charge is 0.523 e. The summed E-state index contributed by atoms with van der Waals surface area (Å²) < 4.78 is 52.3. The molecule has 0 aromatic rings. The average Bonchev–Trinajstić information content (AvgIpc) is 2.48. The van der Waals surface area contributed by atoms with E-state index in [0.717, 1.165) is 6.08 Å². The summed E-state index contributed by atoms with van der Waals surface area (Å²) in [5.74, 6) is -1.76. The monoisotopic (exact) mass is 344 g/mol. The second-order valence-electron chi connectivity index (χ2n) is 4.22. The van der Waals surface area contributed by atoms with Crippen molar-refractivity contribution >= 4 is 11.9 Å². The lowest BCUT2D eigenvalue weighted by Crippen LogP contribution is -2.27. The van der Waals surface area contributed by atoms with Gasteiger partial charge in [0.2, 0.25) is 0 Å². The van der Waals surface area contributed by atoms with Gasteiger partial charge in [-0.05, 0) is 12.8 Å². The Labute approximate surface area is 130 Å². The molecular formula is C13H19F3O7. The molecule has 0 aliphatic rings. The van der Waals surface area contributed by atoms with Crippen LogP contribution in [0.15, 0.2) is 12.7 Å². The van der Waals surface area contributed by atoms with Crippen LogP contribution < -0.4 is 0 Å². The fourth-order valence-electron chi connectivity index (χ4n) is 1.18. The molecule has 0 amide bonds. The summed E-state index contributed by atoms with van der Waals surface area (Å²) in [4.78, 5) is 21.6. The van der Waals surface area contributed by atoms with Crippen LogP contribution in [-0.2, 0) is 28.5 Å². The first-order valence-electron chi connectivity index (χ1n) is 6.66. The first-order valence-corrected chi connectivity index (χ1v) is 6.66. The first-order chi connectivity index (χ1) is 10.7. The molecule has 0 heterocycles. The Hall–Kier alpha value is -1.65. The average molecular weight is 344 g/mol. The van der Waals surface area contributed by atoms with Gasteiger partial charge in [-0.1, -0.05) is 6.58 Å². The van der Waals surface area contributed by atoms with Gasteiger partial charge in [0.1, 0.15) is 12.7 Å². The van der Waals surface area contributed by atoms with Gasteiger partial charge in [-0.3, -0.25) is 4.74 Å². The molecule has 134 valence electrons. The van der Waals surface area contributed by atoms with Crippen molar-refractivity contribution in [1.82, 2.24) is 0 Å². The number of esters is 2. The molecule has 0 aliphatic carbocycles. The molecule has 1 N–H and O–H groups in total. The van der Waals surface area contributed by atoms with Crippen LogP contribution in [0.3, 0.4) is 0 Å². The summed E-state index contributed by atoms with van der Waals surface area (Å²) >= 11 is 0. The zero-order chi connectivity index (χ0) is 17.7. The predicted molar refractivity (Wildman–Crippen MR) is 70.2 cm³/mol. The molecule has 1 unspecified atom stereocenters. The molecule has 0 saturated heterocycles. The fraction of sp³-hybridized carbons (Fsp3) is 0.692. The number of alkyl halides is 3. The van der Waals surface area contributed by atoms with E-state index in [1.54, 1.807) is 0 Å². The summed E-state index contributed by atoms with van der Waals surface area (Å²) in [6.45, 7) is 1.79. The first kappa shape index (κ1) is 21.4. The van der Waals surface area contributed by atoms with E-state index in [0.29, 0.717) is 12.8 Å². The topological polar surface area (TPSA) is 91.3 Å². The highest BCUT2D eigenvalue weighted by Crippen LogP contribution is 2.15. The van der Waals surface area contributed by atoms with Crippen LogP contribution in [0.5, 0.6) is 0 Å². The van der Waals surface area contributed by atoms with Gasteiger partial charge < -0.3 is 19.3 Å². The van der Waals surface area contributed by atoms with E-state index in [1.807, 2.05) is 0 Å². The fourth-order valence-corrected chi connectivity index (χ4v) is 1.18. The van der Waals surface area contributed by atoms with Gasteiger partial charge in [-0.2, -0.15) is 0 Å². The maximum Gasteiger partial charge on any atom is 0.523 e. The maximum atomic E-state index is 11.6. The number of aliphatic hydroxyl groups excluding tert-OH is 1. The number of unbranched alkanes of at least 4 members (excludes halogenated alkanes) is 1. The molecule has 23 heavy (non-hydrogen) atoms. The second-order valence-corrected chi connectivity index (χ2v) is 4.22. The van der Waals surface area contributed by atoms with E-state index in [-0.39, 0.29) is 19.8 Å². The van der Waals surface area contributed by atoms with Gasteiger partial charge in [0.05, 0.1) is 13.2 Å². The number of rotatable bonds is 12. The maximum absolute atomic E-state index is 11.6. The molecule has 0 radical (unpaired) electrons. The highest BCUT2D eigenvalue weighted by molar-refractivity contribution is 5.81. The highest BCUT2D eigenvalue weighted by Gasteiger charge is 2.30. The Morgan fingerprint density at radius 3 is 2.39 bits per heavy atom. The predicted octanol–water partition coefficient (Wildman–Crippen LogP) is 0.953. The van der Waals surface area contributed by atoms with Gasteiger partial charge in [0, 0.05) is 12.7 Å². The standard InChI is InChI=1S/C13H19F3O7/c1-2-11(18)21-6-4-3-5-20-7-10(17)8-22-12(19)9-23-13(14,15)16/h2,10,17H,1,3-9H2. The van der Waals surface area contributed by atoms with Crippen molar-refractivity contribution in [3.63, 3.8) is 0 Å². The molecular weight excluding hydrogens is 325 g/mol. The third-order valence-corrected chi connectivity index (χ3v) is 2.19. The third-order valence-electron chi connectivity index (χ3n) is 2.19. The van der Waals surface area contributed by atoms with Crippen molar-refractivity contribution in [2.75, 3.05) is 33.0 Å². The summed E-state index contributed by atoms with van der Waals surface area (Å²) in [5, 5.41) is 9.39. The molecule has 0 spiro atoms. The summed E-state index contributed by atoms with van der Waals surface area (Å²) in [5.41, 5.74) is 0. The van der Waals surface area contributed by atoms with Gasteiger partial charge in [0.15, 0.2) is 6.61 Å². The molecule has 1 atom stereocenters. The number of aliphatic hydroxyl groups is 1. The molecule has 0 saturated carbocycles. The summed E-state index contributed by atoms with van der Waals surface area (Å²) in [6.07, 6.45) is -3.91. The van der Waals surface area contributed by atoms with E-state index in [2.05, 4.69) is 16.1 Å². The van der Waals surface area contributed by atoms with Crippen LogP contribution in [0.1, 0.15) is 12.8 Å². The number of halogens is 3. The zero-order valence-corrected chi connectivity index (χ0v) is 12.3. The Morgan fingerprint density at radius 1 is 1.13 bits per heavy atom. The van der Waals surface area contributed by atoms with E-state index in [9.17, 15) is 27.9 Å². The van der Waals surface area contributed by atoms with Crippen LogP contribution in [0.2, 0.25) is 0 Å². The molecule has 0 aliphatic heterocycles. The van der Waals surface area contributed by atoms with Crippen LogP contribution in [0.4, 0.5) is 13.2 Å². The molecule has 0 aromatic carbocycles. The number of hydrogen-bond acceptors (Lipinski definition) is 7. The van der Waals surface area contributed by atoms with Gasteiger partial charge >= 0.3 is 18.3 Å². The quantitative estimate of drug-likeness (QED) is 0.320. The SMILES string of the molecule is C=CC(=O)OCCCCOCC(O)COC(=O)COC(F)(F)F. The van der Waals surface area contributed by atoms with Crippen LogP contribution >= 0.6 is 0 Å². The van der Waals surface area contributed by atoms with E-state index < -0.39 is 37.6 Å². The van der Waals surface area contributed by atoms with Crippen LogP contribution in [-0.4, -0.2) is 62.5 Å². The minimum Gasteiger partial charge on any atom is -0.463 e. The lowest BCUT2D eigenvalue weighted by Gasteiger charge is -2.12. The van der Waals surface area contributed by atoms with Crippen molar-refractivity contribution < 1.29 is 46.8 Å². The van der Waals surface area contributed by atoms with Gasteiger partial charge in [0.25, 0.3) is 0 Å². The van der Waals surface area contributed by atoms with E-state index >= 15 is 0 Å². The minimum atomic E-state index is -4.92. The number of carbonyl (C=O) groups is 2. The smallest absolute Gasteiger partial charge is 0.463 e. The van der Waals surface area contributed by atoms with Crippen LogP contribution in [0.25, 0.3) is 0 Å². The molecule has 7 nitrogen and oxygen atoms in total. The van der Waals surface area contributed by atoms with Crippen molar-refractivity contribution in [3.05, 3.63) is 12.7 Å². The number of hydrogen-bond donors (Lipinski definition) is 1. The van der Waals surface area contributed by atoms with E-state index in [1.165, 1.54) is 0 Å². The Morgan fingerprint density at radius 2 is 1.78 bits per heavy atom. The lowest BCUT2D eigenvalue weighted by atomic mass is 10.3. The molecule has 0 aromatic heterocycles. The Kier molecular flexibility index (Phi) is 11.0. The molecule has 10 heteroatoms. The lowest BCUT2D eigenvalue weighted by molar-refractivity contribution is -0.323. The highest BCUT2D eigenvalue weighted by atomic mass is 19.4. The van der Waals surface area contributed by atoms with Crippen molar-refractivity contribution in [1.29, 1.82) is 0 Å². The Bertz CT molecular complexity index is 371. The van der Waals surface area contributed by atoms with Gasteiger partial charge in [-0.15, -0.1) is 13.2 Å². The Balaban J connectivity index is 3.50. The summed E-state index contributed by atoms with van der Waals surface area (Å²) in [6, 6.07) is 0. The van der Waals surface area contributed by atoms with Gasteiger partial charge in [-0.25, -0.2) is 9.59 Å². The molecule has 0 fully saturated rings. The van der Waals surface area contributed by atoms with E-state index in [4.69, 9.17) is 9.47 Å². The van der Waals surface area contributed by atoms with Crippen molar-refractivity contribution in [2.45, 2.75) is 25.3 Å². The van der Waals surface area contributed by atoms with Crippen molar-refractivity contribution in [3.8, 4) is 0 Å². The second kappa shape index (κ2) is 11.9. The minimum absolute atomic E-state index is 0.153. The summed E-state index contributed by atoms with van der Waals surface area (Å²) in [7, 11) is 0. The normalized spacial score (nSPS) is 12.5. The third kappa shape index (κ3) is 15.0. The molecule has 0 rings (SSSR count). The molecule has 0 bridgehead atoms. The van der Waals surface area contributed by atoms with Crippen molar-refractivity contribution in [2.24, 2.45) is 0 Å². The number of carbonyl (C=O) groups excluding carboxylic acids is 2. The zero-order valence-electron chi connectivity index (χ0n) is 12.3. The van der Waals surface area contributed by atoms with Crippen LogP contribution in [0, 0.1) is 0 Å².